The van der Waals surface area contributed by atoms with E-state index >= 15 is 0 Å². The van der Waals surface area contributed by atoms with Crippen molar-refractivity contribution >= 4 is 27.3 Å². The van der Waals surface area contributed by atoms with E-state index in [1.807, 2.05) is 0 Å². The molecule has 1 heterocycles. The van der Waals surface area contributed by atoms with Gasteiger partial charge in [0.15, 0.2) is 0 Å². The van der Waals surface area contributed by atoms with Crippen LogP contribution < -0.4 is 4.72 Å². The lowest BCUT2D eigenvalue weighted by Gasteiger charge is -2.12. The minimum atomic E-state index is -3.91. The molecule has 0 aliphatic rings. The number of ether oxygens (including phenoxy) is 1. The van der Waals surface area contributed by atoms with E-state index in [2.05, 4.69) is 4.72 Å². The van der Waals surface area contributed by atoms with Gasteiger partial charge in [0.25, 0.3) is 0 Å². The Morgan fingerprint density at radius 3 is 2.65 bits per heavy atom. The molecule has 1 aromatic carbocycles. The Hall–Kier alpha value is -1.74. The van der Waals surface area contributed by atoms with Crippen LogP contribution in [0.25, 0.3) is 0 Å². The maximum absolute atomic E-state index is 12.3. The van der Waals surface area contributed by atoms with Gasteiger partial charge in [-0.1, -0.05) is 30.3 Å². The highest BCUT2D eigenvalue weighted by Crippen LogP contribution is 2.23. The lowest BCUT2D eigenvalue weighted by Crippen LogP contribution is -2.29. The van der Waals surface area contributed by atoms with Crippen molar-refractivity contribution in [2.75, 3.05) is 13.2 Å². The summed E-state index contributed by atoms with van der Waals surface area (Å²) in [5.74, 6) is -0.675. The van der Waals surface area contributed by atoms with E-state index < -0.39 is 22.1 Å². The molecule has 6 nitrogen and oxygen atoms in total. The average Bonchev–Trinajstić information content (AvgIpc) is 3.04. The number of thiophene rings is 1. The van der Waals surface area contributed by atoms with Crippen molar-refractivity contribution in [1.82, 2.24) is 4.72 Å². The Balaban J connectivity index is 2.11. The number of hydrogen-bond acceptors (Lipinski definition) is 6. The summed E-state index contributed by atoms with van der Waals surface area (Å²) in [6.07, 6.45) is -0.976. The molecule has 8 heteroatoms. The Morgan fingerprint density at radius 2 is 2.00 bits per heavy atom. The lowest BCUT2D eigenvalue weighted by atomic mass is 10.1. The number of carbonyl (C=O) groups is 1. The summed E-state index contributed by atoms with van der Waals surface area (Å²) < 4.78 is 31.8. The number of esters is 1. The van der Waals surface area contributed by atoms with E-state index in [9.17, 15) is 18.3 Å². The standard InChI is InChI=1S/C15H17NO5S2/c1-2-21-15(18)14-13(8-9-22-14)23(19,20)16-10-12(17)11-6-4-3-5-7-11/h3-9,12,16-17H,2,10H2,1H3/t12-/m1/s1. The maximum Gasteiger partial charge on any atom is 0.349 e. The van der Waals surface area contributed by atoms with Crippen molar-refractivity contribution in [3.05, 3.63) is 52.2 Å². The van der Waals surface area contributed by atoms with Crippen LogP contribution in [0.3, 0.4) is 0 Å². The van der Waals surface area contributed by atoms with Gasteiger partial charge in [-0.05, 0) is 23.9 Å². The van der Waals surface area contributed by atoms with Gasteiger partial charge in [0.2, 0.25) is 10.0 Å². The molecule has 0 saturated carbocycles. The number of aliphatic hydroxyl groups is 1. The van der Waals surface area contributed by atoms with Crippen molar-refractivity contribution in [3.63, 3.8) is 0 Å². The maximum atomic E-state index is 12.3. The van der Waals surface area contributed by atoms with Gasteiger partial charge in [0.05, 0.1) is 12.7 Å². The molecular weight excluding hydrogens is 338 g/mol. The molecule has 0 amide bonds. The van der Waals surface area contributed by atoms with Crippen LogP contribution in [0.5, 0.6) is 0 Å². The summed E-state index contributed by atoms with van der Waals surface area (Å²) in [7, 11) is -3.91. The number of benzene rings is 1. The third-order valence-electron chi connectivity index (χ3n) is 3.03. The van der Waals surface area contributed by atoms with Crippen molar-refractivity contribution in [3.8, 4) is 0 Å². The van der Waals surface area contributed by atoms with E-state index in [0.29, 0.717) is 5.56 Å². The number of nitrogens with one attached hydrogen (secondary N) is 1. The number of hydrogen-bond donors (Lipinski definition) is 2. The molecule has 0 saturated heterocycles. The molecule has 0 aliphatic heterocycles. The zero-order chi connectivity index (χ0) is 16.9. The molecule has 0 radical (unpaired) electrons. The second-order valence-corrected chi connectivity index (χ2v) is 7.26. The summed E-state index contributed by atoms with van der Waals surface area (Å²) in [6, 6.07) is 10.1. The predicted molar refractivity (Wildman–Crippen MR) is 86.9 cm³/mol. The van der Waals surface area contributed by atoms with Gasteiger partial charge in [0.1, 0.15) is 9.77 Å². The Kier molecular flexibility index (Phi) is 5.89. The Labute approximate surface area is 138 Å². The quantitative estimate of drug-likeness (QED) is 0.741. The van der Waals surface area contributed by atoms with E-state index in [0.717, 1.165) is 11.3 Å². The molecule has 2 aromatic rings. The smallest absolute Gasteiger partial charge is 0.349 e. The van der Waals surface area contributed by atoms with Crippen LogP contribution in [0.15, 0.2) is 46.7 Å². The van der Waals surface area contributed by atoms with Gasteiger partial charge < -0.3 is 9.84 Å². The zero-order valence-electron chi connectivity index (χ0n) is 12.4. The van der Waals surface area contributed by atoms with E-state index in [4.69, 9.17) is 4.74 Å². The largest absolute Gasteiger partial charge is 0.462 e. The Morgan fingerprint density at radius 1 is 1.30 bits per heavy atom. The molecule has 0 bridgehead atoms. The lowest BCUT2D eigenvalue weighted by molar-refractivity contribution is 0.0528. The first-order valence-corrected chi connectivity index (χ1v) is 9.29. The van der Waals surface area contributed by atoms with Crippen molar-refractivity contribution in [2.24, 2.45) is 0 Å². The van der Waals surface area contributed by atoms with Crippen molar-refractivity contribution in [2.45, 2.75) is 17.9 Å². The van der Waals surface area contributed by atoms with Crippen LogP contribution in [0.2, 0.25) is 0 Å². The second kappa shape index (κ2) is 7.69. The van der Waals surface area contributed by atoms with Crippen LogP contribution in [0.4, 0.5) is 0 Å². The third kappa shape index (κ3) is 4.38. The van der Waals surface area contributed by atoms with Crippen LogP contribution in [-0.2, 0) is 14.8 Å². The fraction of sp³-hybridized carbons (Fsp3) is 0.267. The molecule has 0 aliphatic carbocycles. The first-order chi connectivity index (χ1) is 11.0. The average molecular weight is 355 g/mol. The number of sulfonamides is 1. The zero-order valence-corrected chi connectivity index (χ0v) is 14.1. The van der Waals surface area contributed by atoms with Crippen LogP contribution in [0, 0.1) is 0 Å². The van der Waals surface area contributed by atoms with Crippen molar-refractivity contribution < 1.29 is 23.1 Å². The molecule has 124 valence electrons. The van der Waals surface area contributed by atoms with Gasteiger partial charge >= 0.3 is 5.97 Å². The first kappa shape index (κ1) is 17.6. The molecule has 2 rings (SSSR count). The fourth-order valence-corrected chi connectivity index (χ4v) is 4.26. The van der Waals surface area contributed by atoms with E-state index in [1.54, 1.807) is 37.3 Å². The van der Waals surface area contributed by atoms with E-state index in [-0.39, 0.29) is 22.9 Å². The van der Waals surface area contributed by atoms with E-state index in [1.165, 1.54) is 11.4 Å². The molecule has 1 aromatic heterocycles. The fourth-order valence-electron chi connectivity index (χ4n) is 1.91. The molecule has 0 spiro atoms. The molecule has 2 N–H and O–H groups in total. The molecule has 0 unspecified atom stereocenters. The van der Waals surface area contributed by atoms with Gasteiger partial charge in [-0.2, -0.15) is 0 Å². The molecule has 23 heavy (non-hydrogen) atoms. The highest BCUT2D eigenvalue weighted by molar-refractivity contribution is 7.89. The van der Waals surface area contributed by atoms with Gasteiger partial charge in [-0.3, -0.25) is 0 Å². The molecule has 0 fully saturated rings. The summed E-state index contributed by atoms with van der Waals surface area (Å²) in [5.41, 5.74) is 0.603. The summed E-state index contributed by atoms with van der Waals surface area (Å²) in [6.45, 7) is 1.62. The summed E-state index contributed by atoms with van der Waals surface area (Å²) in [5, 5.41) is 11.5. The van der Waals surface area contributed by atoms with Gasteiger partial charge in [-0.25, -0.2) is 17.9 Å². The van der Waals surface area contributed by atoms with Crippen molar-refractivity contribution in [1.29, 1.82) is 0 Å². The topological polar surface area (TPSA) is 92.7 Å². The molecular formula is C15H17NO5S2. The second-order valence-electron chi connectivity index (χ2n) is 4.61. The normalized spacial score (nSPS) is 12.8. The number of aliphatic hydroxyl groups excluding tert-OH is 1. The summed E-state index contributed by atoms with van der Waals surface area (Å²) >= 11 is 0.999. The SMILES string of the molecule is CCOC(=O)c1sccc1S(=O)(=O)NC[C@@H](O)c1ccccc1. The monoisotopic (exact) mass is 355 g/mol. The van der Waals surface area contributed by atoms with Gasteiger partial charge in [0, 0.05) is 6.54 Å². The van der Waals surface area contributed by atoms with Crippen LogP contribution in [0.1, 0.15) is 28.3 Å². The summed E-state index contributed by atoms with van der Waals surface area (Å²) in [4.78, 5) is 11.7. The highest BCUT2D eigenvalue weighted by atomic mass is 32.2. The third-order valence-corrected chi connectivity index (χ3v) is 5.52. The minimum absolute atomic E-state index is 0.0218. The first-order valence-electron chi connectivity index (χ1n) is 6.93. The number of carbonyl (C=O) groups excluding carboxylic acids is 1. The van der Waals surface area contributed by atoms with Crippen LogP contribution in [-0.4, -0.2) is 32.6 Å². The Bertz CT molecular complexity index is 755. The van der Waals surface area contributed by atoms with Crippen LogP contribution >= 0.6 is 11.3 Å². The number of rotatable bonds is 7. The predicted octanol–water partition coefficient (Wildman–Crippen LogP) is 1.94. The minimum Gasteiger partial charge on any atom is -0.462 e. The molecule has 1 atom stereocenters. The van der Waals surface area contributed by atoms with Gasteiger partial charge in [-0.15, -0.1) is 11.3 Å². The highest BCUT2D eigenvalue weighted by Gasteiger charge is 2.25.